The molecule has 1 aromatic rings. The van der Waals surface area contributed by atoms with Crippen molar-refractivity contribution in [1.82, 2.24) is 0 Å². The molecule has 3 heteroatoms. The van der Waals surface area contributed by atoms with Gasteiger partial charge < -0.3 is 10.8 Å². The van der Waals surface area contributed by atoms with E-state index in [2.05, 4.69) is 15.9 Å². The molecule has 0 fully saturated rings. The molecular formula is C8H10BrNO. The maximum Gasteiger partial charge on any atom is 0.0471 e. The summed E-state index contributed by atoms with van der Waals surface area (Å²) in [5.41, 5.74) is 7.35. The Bertz CT molecular complexity index is 250. The second-order valence-electron chi connectivity index (χ2n) is 2.32. The van der Waals surface area contributed by atoms with Gasteiger partial charge in [0, 0.05) is 16.8 Å². The van der Waals surface area contributed by atoms with Crippen molar-refractivity contribution in [1.29, 1.82) is 0 Å². The SMILES string of the molecule is Nc1ccc(CCO)c(Br)c1. The molecule has 0 saturated heterocycles. The third-order valence-corrected chi connectivity index (χ3v) is 2.20. The smallest absolute Gasteiger partial charge is 0.0471 e. The zero-order chi connectivity index (χ0) is 8.27. The van der Waals surface area contributed by atoms with Crippen LogP contribution in [0, 0.1) is 0 Å². The molecule has 0 amide bonds. The normalized spacial score (nSPS) is 10.0. The van der Waals surface area contributed by atoms with Gasteiger partial charge in [0.25, 0.3) is 0 Å². The summed E-state index contributed by atoms with van der Waals surface area (Å²) in [6, 6.07) is 5.58. The number of aliphatic hydroxyl groups is 1. The van der Waals surface area contributed by atoms with Crippen LogP contribution in [0.3, 0.4) is 0 Å². The predicted octanol–water partition coefficient (Wildman–Crippen LogP) is 1.57. The van der Waals surface area contributed by atoms with E-state index in [1.165, 1.54) is 0 Å². The highest BCUT2D eigenvalue weighted by Crippen LogP contribution is 2.19. The van der Waals surface area contributed by atoms with E-state index in [0.717, 1.165) is 15.7 Å². The second-order valence-corrected chi connectivity index (χ2v) is 3.18. The molecule has 1 rings (SSSR count). The molecule has 0 aliphatic heterocycles. The summed E-state index contributed by atoms with van der Waals surface area (Å²) in [6.45, 7) is 0.169. The molecule has 0 aromatic heterocycles. The topological polar surface area (TPSA) is 46.2 Å². The molecule has 0 saturated carbocycles. The molecule has 0 heterocycles. The number of hydrogen-bond acceptors (Lipinski definition) is 2. The summed E-state index contributed by atoms with van der Waals surface area (Å²) in [7, 11) is 0. The molecular weight excluding hydrogens is 206 g/mol. The number of nitrogen functional groups attached to an aromatic ring is 1. The van der Waals surface area contributed by atoms with Crippen LogP contribution in [0.4, 0.5) is 5.69 Å². The molecule has 0 radical (unpaired) electrons. The summed E-state index contributed by atoms with van der Waals surface area (Å²) in [4.78, 5) is 0. The minimum atomic E-state index is 0.169. The fourth-order valence-electron chi connectivity index (χ4n) is 0.887. The van der Waals surface area contributed by atoms with Crippen LogP contribution < -0.4 is 5.73 Å². The minimum Gasteiger partial charge on any atom is -0.399 e. The number of hydrogen-bond donors (Lipinski definition) is 2. The van der Waals surface area contributed by atoms with Crippen LogP contribution in [-0.2, 0) is 6.42 Å². The predicted molar refractivity (Wildman–Crippen MR) is 49.3 cm³/mol. The summed E-state index contributed by atoms with van der Waals surface area (Å²) < 4.78 is 0.964. The Balaban J connectivity index is 2.90. The minimum absolute atomic E-state index is 0.169. The lowest BCUT2D eigenvalue weighted by Gasteiger charge is -2.02. The Morgan fingerprint density at radius 2 is 2.18 bits per heavy atom. The molecule has 0 aliphatic rings. The molecule has 0 atom stereocenters. The number of benzene rings is 1. The average molecular weight is 216 g/mol. The molecule has 0 spiro atoms. The van der Waals surface area contributed by atoms with Crippen LogP contribution in [0.15, 0.2) is 22.7 Å². The lowest BCUT2D eigenvalue weighted by atomic mass is 10.1. The fraction of sp³-hybridized carbons (Fsp3) is 0.250. The van der Waals surface area contributed by atoms with E-state index in [4.69, 9.17) is 10.8 Å². The number of rotatable bonds is 2. The van der Waals surface area contributed by atoms with Crippen molar-refractivity contribution in [3.63, 3.8) is 0 Å². The van der Waals surface area contributed by atoms with Crippen molar-refractivity contribution < 1.29 is 5.11 Å². The summed E-state index contributed by atoms with van der Waals surface area (Å²) in [5, 5.41) is 8.66. The first-order valence-corrected chi connectivity index (χ1v) is 4.18. The highest BCUT2D eigenvalue weighted by Gasteiger charge is 1.97. The average Bonchev–Trinajstić information content (AvgIpc) is 1.95. The second kappa shape index (κ2) is 3.74. The van der Waals surface area contributed by atoms with Gasteiger partial charge in [0.1, 0.15) is 0 Å². The quantitative estimate of drug-likeness (QED) is 0.737. The Labute approximate surface area is 74.2 Å². The molecule has 0 aliphatic carbocycles. The van der Waals surface area contributed by atoms with Gasteiger partial charge in [-0.05, 0) is 24.1 Å². The summed E-state index contributed by atoms with van der Waals surface area (Å²) in [5.74, 6) is 0. The van der Waals surface area contributed by atoms with Gasteiger partial charge in [0.15, 0.2) is 0 Å². The molecule has 11 heavy (non-hydrogen) atoms. The summed E-state index contributed by atoms with van der Waals surface area (Å²) in [6.07, 6.45) is 0.668. The van der Waals surface area contributed by atoms with Gasteiger partial charge in [-0.25, -0.2) is 0 Å². The Morgan fingerprint density at radius 3 is 2.73 bits per heavy atom. The molecule has 60 valence electrons. The van der Waals surface area contributed by atoms with Crippen molar-refractivity contribution >= 4 is 21.6 Å². The Morgan fingerprint density at radius 1 is 1.45 bits per heavy atom. The molecule has 1 aromatic carbocycles. The van der Waals surface area contributed by atoms with Gasteiger partial charge in [-0.15, -0.1) is 0 Å². The summed E-state index contributed by atoms with van der Waals surface area (Å²) >= 11 is 3.36. The van der Waals surface area contributed by atoms with Crippen molar-refractivity contribution in [3.05, 3.63) is 28.2 Å². The molecule has 0 unspecified atom stereocenters. The number of halogens is 1. The van der Waals surface area contributed by atoms with Gasteiger partial charge in [0.05, 0.1) is 0 Å². The van der Waals surface area contributed by atoms with Crippen LogP contribution in [0.2, 0.25) is 0 Å². The van der Waals surface area contributed by atoms with Gasteiger partial charge in [-0.2, -0.15) is 0 Å². The van der Waals surface area contributed by atoms with E-state index in [1.54, 1.807) is 0 Å². The maximum atomic E-state index is 8.66. The van der Waals surface area contributed by atoms with Crippen molar-refractivity contribution in [2.45, 2.75) is 6.42 Å². The highest BCUT2D eigenvalue weighted by atomic mass is 79.9. The van der Waals surface area contributed by atoms with Crippen molar-refractivity contribution in [3.8, 4) is 0 Å². The third-order valence-electron chi connectivity index (χ3n) is 1.46. The van der Waals surface area contributed by atoms with E-state index in [-0.39, 0.29) is 6.61 Å². The van der Waals surface area contributed by atoms with Crippen LogP contribution in [0.5, 0.6) is 0 Å². The van der Waals surface area contributed by atoms with Gasteiger partial charge in [-0.1, -0.05) is 22.0 Å². The molecule has 2 nitrogen and oxygen atoms in total. The van der Waals surface area contributed by atoms with Crippen molar-refractivity contribution in [2.75, 3.05) is 12.3 Å². The van der Waals surface area contributed by atoms with Crippen molar-refractivity contribution in [2.24, 2.45) is 0 Å². The first-order valence-electron chi connectivity index (χ1n) is 3.39. The standard InChI is InChI=1S/C8H10BrNO/c9-8-5-7(10)2-1-6(8)3-4-11/h1-2,5,11H,3-4,10H2. The van der Waals surface area contributed by atoms with E-state index in [1.807, 2.05) is 18.2 Å². The Kier molecular flexibility index (Phi) is 2.91. The highest BCUT2D eigenvalue weighted by molar-refractivity contribution is 9.10. The zero-order valence-electron chi connectivity index (χ0n) is 6.05. The van der Waals surface area contributed by atoms with Crippen LogP contribution in [-0.4, -0.2) is 11.7 Å². The van der Waals surface area contributed by atoms with Crippen LogP contribution >= 0.6 is 15.9 Å². The van der Waals surface area contributed by atoms with Crippen LogP contribution in [0.1, 0.15) is 5.56 Å². The lowest BCUT2D eigenvalue weighted by Crippen LogP contribution is -1.93. The third kappa shape index (κ3) is 2.20. The van der Waals surface area contributed by atoms with Crippen LogP contribution in [0.25, 0.3) is 0 Å². The molecule has 3 N–H and O–H groups in total. The first kappa shape index (κ1) is 8.56. The van der Waals surface area contributed by atoms with Gasteiger partial charge in [0.2, 0.25) is 0 Å². The van der Waals surface area contributed by atoms with E-state index in [0.29, 0.717) is 6.42 Å². The maximum absolute atomic E-state index is 8.66. The largest absolute Gasteiger partial charge is 0.399 e. The number of nitrogens with two attached hydrogens (primary N) is 1. The van der Waals surface area contributed by atoms with E-state index in [9.17, 15) is 0 Å². The van der Waals surface area contributed by atoms with E-state index >= 15 is 0 Å². The van der Waals surface area contributed by atoms with E-state index < -0.39 is 0 Å². The number of aliphatic hydroxyl groups excluding tert-OH is 1. The zero-order valence-corrected chi connectivity index (χ0v) is 7.63. The molecule has 0 bridgehead atoms. The van der Waals surface area contributed by atoms with Gasteiger partial charge >= 0.3 is 0 Å². The Hall–Kier alpha value is -0.540. The lowest BCUT2D eigenvalue weighted by molar-refractivity contribution is 0.299. The first-order chi connectivity index (χ1) is 5.24. The van der Waals surface area contributed by atoms with Gasteiger partial charge in [-0.3, -0.25) is 0 Å². The fourth-order valence-corrected chi connectivity index (χ4v) is 1.48. The number of anilines is 1. The monoisotopic (exact) mass is 215 g/mol.